The lowest BCUT2D eigenvalue weighted by Gasteiger charge is -2.36. The molecule has 5 heteroatoms. The second kappa shape index (κ2) is 7.76. The summed E-state index contributed by atoms with van der Waals surface area (Å²) in [5.74, 6) is 0. The van der Waals surface area contributed by atoms with Crippen LogP contribution in [0.3, 0.4) is 0 Å². The summed E-state index contributed by atoms with van der Waals surface area (Å²) in [6.07, 6.45) is 6.63. The summed E-state index contributed by atoms with van der Waals surface area (Å²) in [6.45, 7) is 9.41. The summed E-state index contributed by atoms with van der Waals surface area (Å²) < 4.78 is 8.01. The molecule has 0 aromatic carbocycles. The fourth-order valence-corrected chi connectivity index (χ4v) is 2.91. The first kappa shape index (κ1) is 15.5. The Morgan fingerprint density at radius 1 is 1.40 bits per heavy atom. The molecule has 1 saturated heterocycles. The average molecular weight is 280 g/mol. The molecule has 1 aromatic heterocycles. The maximum atomic E-state index is 5.99. The number of hydrogen-bond donors (Lipinski definition) is 1. The van der Waals surface area contributed by atoms with Gasteiger partial charge in [-0.05, 0) is 26.4 Å². The van der Waals surface area contributed by atoms with E-state index in [0.29, 0.717) is 0 Å². The number of aryl methyl sites for hydroxylation is 1. The van der Waals surface area contributed by atoms with Gasteiger partial charge in [-0.15, -0.1) is 0 Å². The second-order valence-electron chi connectivity index (χ2n) is 5.51. The van der Waals surface area contributed by atoms with Crippen molar-refractivity contribution in [1.29, 1.82) is 0 Å². The maximum absolute atomic E-state index is 5.99. The normalized spacial score (nSPS) is 22.1. The minimum absolute atomic E-state index is 0.208. The van der Waals surface area contributed by atoms with Crippen molar-refractivity contribution in [3.8, 4) is 0 Å². The summed E-state index contributed by atoms with van der Waals surface area (Å²) >= 11 is 0. The average Bonchev–Trinajstić information content (AvgIpc) is 2.89. The molecule has 1 aliphatic heterocycles. The van der Waals surface area contributed by atoms with Crippen molar-refractivity contribution in [2.24, 2.45) is 0 Å². The molecule has 1 aliphatic rings. The third kappa shape index (κ3) is 3.81. The lowest BCUT2D eigenvalue weighted by Crippen LogP contribution is -2.47. The second-order valence-corrected chi connectivity index (χ2v) is 5.51. The van der Waals surface area contributed by atoms with Crippen LogP contribution in [0.4, 0.5) is 0 Å². The Bertz CT molecular complexity index is 391. The van der Waals surface area contributed by atoms with Gasteiger partial charge in [-0.25, -0.2) is 0 Å². The van der Waals surface area contributed by atoms with Crippen LogP contribution in [-0.2, 0) is 11.3 Å². The SMILES string of the molecule is CCCN1CCOC(C(NC)c2cnn(CCC)c2)C1. The molecule has 2 unspecified atom stereocenters. The smallest absolute Gasteiger partial charge is 0.0897 e. The zero-order valence-corrected chi connectivity index (χ0v) is 13.0. The minimum Gasteiger partial charge on any atom is -0.374 e. The van der Waals surface area contributed by atoms with E-state index in [9.17, 15) is 0 Å². The maximum Gasteiger partial charge on any atom is 0.0897 e. The molecule has 0 radical (unpaired) electrons. The van der Waals surface area contributed by atoms with Crippen molar-refractivity contribution in [3.63, 3.8) is 0 Å². The van der Waals surface area contributed by atoms with Gasteiger partial charge in [0.1, 0.15) is 0 Å². The van der Waals surface area contributed by atoms with Crippen LogP contribution in [-0.4, -0.2) is 54.1 Å². The van der Waals surface area contributed by atoms with Crippen molar-refractivity contribution >= 4 is 0 Å². The van der Waals surface area contributed by atoms with Crippen LogP contribution in [0.25, 0.3) is 0 Å². The zero-order valence-electron chi connectivity index (χ0n) is 13.0. The first-order valence-electron chi connectivity index (χ1n) is 7.82. The Kier molecular flexibility index (Phi) is 6.01. The Morgan fingerprint density at radius 3 is 2.90 bits per heavy atom. The zero-order chi connectivity index (χ0) is 14.4. The van der Waals surface area contributed by atoms with E-state index >= 15 is 0 Å². The first-order chi connectivity index (χ1) is 9.78. The molecule has 2 atom stereocenters. The molecule has 0 spiro atoms. The summed E-state index contributed by atoms with van der Waals surface area (Å²) in [5, 5.41) is 7.83. The number of ether oxygens (including phenoxy) is 1. The van der Waals surface area contributed by atoms with Gasteiger partial charge in [-0.1, -0.05) is 13.8 Å². The summed E-state index contributed by atoms with van der Waals surface area (Å²) in [4.78, 5) is 2.50. The van der Waals surface area contributed by atoms with Gasteiger partial charge < -0.3 is 10.1 Å². The van der Waals surface area contributed by atoms with Gasteiger partial charge in [0.2, 0.25) is 0 Å². The number of likely N-dealkylation sites (N-methyl/N-ethyl adjacent to an activating group) is 1. The van der Waals surface area contributed by atoms with E-state index in [4.69, 9.17) is 4.74 Å². The molecule has 0 bridgehead atoms. The van der Waals surface area contributed by atoms with E-state index in [-0.39, 0.29) is 12.1 Å². The molecule has 1 N–H and O–H groups in total. The number of aromatic nitrogens is 2. The molecule has 20 heavy (non-hydrogen) atoms. The summed E-state index contributed by atoms with van der Waals surface area (Å²) in [7, 11) is 2.00. The van der Waals surface area contributed by atoms with Crippen LogP contribution in [0, 0.1) is 0 Å². The van der Waals surface area contributed by atoms with Gasteiger partial charge in [0.05, 0.1) is 24.9 Å². The van der Waals surface area contributed by atoms with Crippen molar-refractivity contribution in [2.45, 2.75) is 45.4 Å². The highest BCUT2D eigenvalue weighted by Crippen LogP contribution is 2.22. The number of hydrogen-bond acceptors (Lipinski definition) is 4. The van der Waals surface area contributed by atoms with Crippen LogP contribution in [0.1, 0.15) is 38.3 Å². The van der Waals surface area contributed by atoms with E-state index in [1.54, 1.807) is 0 Å². The van der Waals surface area contributed by atoms with Crippen molar-refractivity contribution in [2.75, 3.05) is 33.3 Å². The Morgan fingerprint density at radius 2 is 2.20 bits per heavy atom. The standard InChI is InChI=1S/C15H28N4O/c1-4-6-18-8-9-20-14(12-18)15(16-3)13-10-17-19(11-13)7-5-2/h10-11,14-16H,4-9,12H2,1-3H3. The molecule has 0 amide bonds. The quantitative estimate of drug-likeness (QED) is 0.825. The third-order valence-electron chi connectivity index (χ3n) is 3.87. The predicted molar refractivity (Wildman–Crippen MR) is 80.8 cm³/mol. The lowest BCUT2D eigenvalue weighted by molar-refractivity contribution is -0.0459. The molecule has 0 aliphatic carbocycles. The molecule has 1 fully saturated rings. The molecular formula is C15H28N4O. The molecular weight excluding hydrogens is 252 g/mol. The Labute approximate surface area is 122 Å². The van der Waals surface area contributed by atoms with Crippen LogP contribution >= 0.6 is 0 Å². The monoisotopic (exact) mass is 280 g/mol. The van der Waals surface area contributed by atoms with Gasteiger partial charge in [-0.3, -0.25) is 9.58 Å². The predicted octanol–water partition coefficient (Wildman–Crippen LogP) is 1.66. The van der Waals surface area contributed by atoms with Crippen LogP contribution in [0.2, 0.25) is 0 Å². The molecule has 5 nitrogen and oxygen atoms in total. The Balaban J connectivity index is 2.02. The van der Waals surface area contributed by atoms with E-state index in [1.165, 1.54) is 12.0 Å². The largest absolute Gasteiger partial charge is 0.374 e. The highest BCUT2D eigenvalue weighted by Gasteiger charge is 2.28. The van der Waals surface area contributed by atoms with E-state index < -0.39 is 0 Å². The van der Waals surface area contributed by atoms with Crippen molar-refractivity contribution < 1.29 is 4.74 Å². The van der Waals surface area contributed by atoms with Crippen molar-refractivity contribution in [3.05, 3.63) is 18.0 Å². The summed E-state index contributed by atoms with van der Waals surface area (Å²) in [5.41, 5.74) is 1.23. The highest BCUT2D eigenvalue weighted by molar-refractivity contribution is 5.13. The van der Waals surface area contributed by atoms with E-state index in [1.807, 2.05) is 17.9 Å². The Hall–Kier alpha value is -0.910. The fourth-order valence-electron chi connectivity index (χ4n) is 2.91. The number of nitrogens with zero attached hydrogens (tertiary/aromatic N) is 3. The number of nitrogens with one attached hydrogen (secondary N) is 1. The molecule has 114 valence electrons. The third-order valence-corrected chi connectivity index (χ3v) is 3.87. The minimum atomic E-state index is 0.208. The van der Waals surface area contributed by atoms with E-state index in [2.05, 4.69) is 35.4 Å². The van der Waals surface area contributed by atoms with Crippen molar-refractivity contribution in [1.82, 2.24) is 20.0 Å². The lowest BCUT2D eigenvalue weighted by atomic mass is 10.0. The molecule has 0 saturated carbocycles. The number of morpholine rings is 1. The molecule has 2 rings (SSSR count). The highest BCUT2D eigenvalue weighted by atomic mass is 16.5. The van der Waals surface area contributed by atoms with Crippen LogP contribution in [0.15, 0.2) is 12.4 Å². The molecule has 2 heterocycles. The van der Waals surface area contributed by atoms with Gasteiger partial charge in [-0.2, -0.15) is 5.10 Å². The topological polar surface area (TPSA) is 42.3 Å². The molecule has 1 aromatic rings. The fraction of sp³-hybridized carbons (Fsp3) is 0.800. The van der Waals surface area contributed by atoms with Crippen LogP contribution < -0.4 is 5.32 Å². The summed E-state index contributed by atoms with van der Waals surface area (Å²) in [6, 6.07) is 0.222. The number of rotatable bonds is 7. The van der Waals surface area contributed by atoms with Gasteiger partial charge in [0.15, 0.2) is 0 Å². The van der Waals surface area contributed by atoms with Gasteiger partial charge in [0.25, 0.3) is 0 Å². The first-order valence-corrected chi connectivity index (χ1v) is 7.82. The van der Waals surface area contributed by atoms with Crippen LogP contribution in [0.5, 0.6) is 0 Å². The van der Waals surface area contributed by atoms with Gasteiger partial charge >= 0.3 is 0 Å². The van der Waals surface area contributed by atoms with E-state index in [0.717, 1.165) is 39.2 Å². The van der Waals surface area contributed by atoms with Gasteiger partial charge in [0, 0.05) is 31.4 Å².